The Kier molecular flexibility index (Phi) is 6.45. The number of likely N-dealkylation sites (tertiary alicyclic amines) is 1. The lowest BCUT2D eigenvalue weighted by atomic mass is 10.1. The number of benzene rings is 1. The van der Waals surface area contributed by atoms with E-state index >= 15 is 0 Å². The predicted molar refractivity (Wildman–Crippen MR) is 99.9 cm³/mol. The first-order chi connectivity index (χ1) is 12.2. The minimum atomic E-state index is -0.0515. The molecule has 0 unspecified atom stereocenters. The molecule has 0 spiro atoms. The van der Waals surface area contributed by atoms with E-state index in [4.69, 9.17) is 0 Å². The Morgan fingerprint density at radius 1 is 1.04 bits per heavy atom. The molecular formula is C20H29N3O2. The van der Waals surface area contributed by atoms with Gasteiger partial charge in [-0.3, -0.25) is 9.59 Å². The van der Waals surface area contributed by atoms with Gasteiger partial charge in [-0.1, -0.05) is 18.9 Å². The van der Waals surface area contributed by atoms with E-state index in [1.807, 2.05) is 24.3 Å². The number of hydrogen-bond donors (Lipinski definition) is 1. The van der Waals surface area contributed by atoms with Gasteiger partial charge in [0.15, 0.2) is 0 Å². The molecule has 2 aliphatic heterocycles. The number of rotatable bonds is 6. The quantitative estimate of drug-likeness (QED) is 0.808. The number of nitrogens with one attached hydrogen (secondary N) is 1. The van der Waals surface area contributed by atoms with Crippen molar-refractivity contribution in [1.82, 2.24) is 10.2 Å². The van der Waals surface area contributed by atoms with E-state index in [1.165, 1.54) is 38.8 Å². The smallest absolute Gasteiger partial charge is 0.251 e. The summed E-state index contributed by atoms with van der Waals surface area (Å²) in [6.07, 6.45) is 7.78. The third-order valence-corrected chi connectivity index (χ3v) is 5.13. The van der Waals surface area contributed by atoms with Gasteiger partial charge >= 0.3 is 0 Å². The minimum absolute atomic E-state index is 0.0515. The Morgan fingerprint density at radius 3 is 2.56 bits per heavy atom. The summed E-state index contributed by atoms with van der Waals surface area (Å²) in [6, 6.07) is 7.40. The molecule has 1 N–H and O–H groups in total. The fourth-order valence-corrected chi connectivity index (χ4v) is 3.70. The topological polar surface area (TPSA) is 52.7 Å². The maximum atomic E-state index is 12.4. The second kappa shape index (κ2) is 8.99. The van der Waals surface area contributed by atoms with Crippen LogP contribution in [0.3, 0.4) is 0 Å². The Bertz CT molecular complexity index is 594. The van der Waals surface area contributed by atoms with Crippen LogP contribution in [-0.4, -0.2) is 49.4 Å². The van der Waals surface area contributed by atoms with Gasteiger partial charge in [-0.2, -0.15) is 0 Å². The molecule has 2 saturated heterocycles. The molecule has 0 bridgehead atoms. The van der Waals surface area contributed by atoms with Crippen LogP contribution in [0.2, 0.25) is 0 Å². The van der Waals surface area contributed by atoms with Crippen molar-refractivity contribution in [3.63, 3.8) is 0 Å². The van der Waals surface area contributed by atoms with Crippen LogP contribution in [0.25, 0.3) is 0 Å². The molecule has 2 fully saturated rings. The SMILES string of the molecule is O=C(NCCCN1CCCCCC1)c1cccc(N2CCCC2=O)c1. The molecule has 2 heterocycles. The van der Waals surface area contributed by atoms with E-state index in [1.54, 1.807) is 4.90 Å². The summed E-state index contributed by atoms with van der Waals surface area (Å²) in [4.78, 5) is 28.5. The fourth-order valence-electron chi connectivity index (χ4n) is 3.70. The summed E-state index contributed by atoms with van der Waals surface area (Å²) in [5.41, 5.74) is 1.46. The Hall–Kier alpha value is -1.88. The van der Waals surface area contributed by atoms with Crippen molar-refractivity contribution in [3.8, 4) is 0 Å². The molecule has 1 aromatic carbocycles. The van der Waals surface area contributed by atoms with E-state index in [9.17, 15) is 9.59 Å². The van der Waals surface area contributed by atoms with Crippen molar-refractivity contribution in [2.75, 3.05) is 37.6 Å². The van der Waals surface area contributed by atoms with Gasteiger partial charge in [0.2, 0.25) is 5.91 Å². The van der Waals surface area contributed by atoms with E-state index in [-0.39, 0.29) is 11.8 Å². The van der Waals surface area contributed by atoms with Crippen LogP contribution in [0.15, 0.2) is 24.3 Å². The minimum Gasteiger partial charge on any atom is -0.352 e. The van der Waals surface area contributed by atoms with Crippen molar-refractivity contribution >= 4 is 17.5 Å². The summed E-state index contributed by atoms with van der Waals surface area (Å²) >= 11 is 0. The molecule has 25 heavy (non-hydrogen) atoms. The maximum Gasteiger partial charge on any atom is 0.251 e. The number of nitrogens with zero attached hydrogens (tertiary/aromatic N) is 2. The van der Waals surface area contributed by atoms with Gasteiger partial charge < -0.3 is 15.1 Å². The summed E-state index contributed by atoms with van der Waals surface area (Å²) in [6.45, 7) is 4.89. The van der Waals surface area contributed by atoms with Gasteiger partial charge in [-0.05, 0) is 63.5 Å². The van der Waals surface area contributed by atoms with Crippen LogP contribution in [-0.2, 0) is 4.79 Å². The summed E-state index contributed by atoms with van der Waals surface area (Å²) < 4.78 is 0. The van der Waals surface area contributed by atoms with Crippen LogP contribution >= 0.6 is 0 Å². The molecule has 0 saturated carbocycles. The highest BCUT2D eigenvalue weighted by molar-refractivity contribution is 5.99. The van der Waals surface area contributed by atoms with Gasteiger partial charge in [-0.15, -0.1) is 0 Å². The normalized spacial score (nSPS) is 19.0. The number of anilines is 1. The molecule has 0 aliphatic carbocycles. The zero-order valence-electron chi connectivity index (χ0n) is 15.0. The Balaban J connectivity index is 1.45. The molecule has 2 amide bonds. The molecule has 0 aromatic heterocycles. The van der Waals surface area contributed by atoms with Crippen molar-refractivity contribution in [1.29, 1.82) is 0 Å². The standard InChI is InChI=1S/C20H29N3O2/c24-19-10-6-15-23(19)18-9-5-8-17(16-18)20(25)21-11-7-14-22-12-3-1-2-4-13-22/h5,8-9,16H,1-4,6-7,10-15H2,(H,21,25). The van der Waals surface area contributed by atoms with Crippen molar-refractivity contribution in [2.24, 2.45) is 0 Å². The second-order valence-corrected chi connectivity index (χ2v) is 7.06. The zero-order chi connectivity index (χ0) is 17.5. The third kappa shape index (κ3) is 5.05. The van der Waals surface area contributed by atoms with Gasteiger partial charge in [0.25, 0.3) is 5.91 Å². The van der Waals surface area contributed by atoms with Crippen molar-refractivity contribution < 1.29 is 9.59 Å². The predicted octanol–water partition coefficient (Wildman–Crippen LogP) is 2.81. The average molecular weight is 343 g/mol. The summed E-state index contributed by atoms with van der Waals surface area (Å²) in [7, 11) is 0. The summed E-state index contributed by atoms with van der Waals surface area (Å²) in [5.74, 6) is 0.0966. The maximum absolute atomic E-state index is 12.4. The molecular weight excluding hydrogens is 314 g/mol. The molecule has 0 atom stereocenters. The van der Waals surface area contributed by atoms with E-state index in [2.05, 4.69) is 10.2 Å². The highest BCUT2D eigenvalue weighted by Crippen LogP contribution is 2.22. The summed E-state index contributed by atoms with van der Waals surface area (Å²) in [5, 5.41) is 3.01. The molecule has 5 heteroatoms. The van der Waals surface area contributed by atoms with Gasteiger partial charge in [-0.25, -0.2) is 0 Å². The Labute approximate surface area is 150 Å². The number of carbonyl (C=O) groups is 2. The van der Waals surface area contributed by atoms with E-state index < -0.39 is 0 Å². The lowest BCUT2D eigenvalue weighted by molar-refractivity contribution is -0.117. The van der Waals surface area contributed by atoms with Crippen molar-refractivity contribution in [3.05, 3.63) is 29.8 Å². The van der Waals surface area contributed by atoms with E-state index in [0.717, 1.165) is 31.6 Å². The number of amides is 2. The monoisotopic (exact) mass is 343 g/mol. The van der Waals surface area contributed by atoms with Gasteiger partial charge in [0, 0.05) is 30.8 Å². The average Bonchev–Trinajstić information content (AvgIpc) is 2.90. The molecule has 1 aromatic rings. The number of carbonyl (C=O) groups excluding carboxylic acids is 2. The molecule has 2 aliphatic rings. The van der Waals surface area contributed by atoms with Gasteiger partial charge in [0.1, 0.15) is 0 Å². The third-order valence-electron chi connectivity index (χ3n) is 5.13. The second-order valence-electron chi connectivity index (χ2n) is 7.06. The van der Waals surface area contributed by atoms with Crippen LogP contribution < -0.4 is 10.2 Å². The van der Waals surface area contributed by atoms with Gasteiger partial charge in [0.05, 0.1) is 0 Å². The Morgan fingerprint density at radius 2 is 1.84 bits per heavy atom. The first-order valence-electron chi connectivity index (χ1n) is 9.65. The molecule has 5 nitrogen and oxygen atoms in total. The van der Waals surface area contributed by atoms with Crippen LogP contribution in [0.5, 0.6) is 0 Å². The van der Waals surface area contributed by atoms with Crippen molar-refractivity contribution in [2.45, 2.75) is 44.9 Å². The highest BCUT2D eigenvalue weighted by atomic mass is 16.2. The van der Waals surface area contributed by atoms with Crippen LogP contribution in [0.4, 0.5) is 5.69 Å². The largest absolute Gasteiger partial charge is 0.352 e. The molecule has 3 rings (SSSR count). The fraction of sp³-hybridized carbons (Fsp3) is 0.600. The first kappa shape index (κ1) is 17.9. The lowest BCUT2D eigenvalue weighted by Gasteiger charge is -2.19. The highest BCUT2D eigenvalue weighted by Gasteiger charge is 2.22. The van der Waals surface area contributed by atoms with Crippen LogP contribution in [0, 0.1) is 0 Å². The molecule has 0 radical (unpaired) electrons. The molecule has 136 valence electrons. The first-order valence-corrected chi connectivity index (χ1v) is 9.65. The van der Waals surface area contributed by atoms with Crippen LogP contribution in [0.1, 0.15) is 55.3 Å². The van der Waals surface area contributed by atoms with E-state index in [0.29, 0.717) is 18.5 Å². The lowest BCUT2D eigenvalue weighted by Crippen LogP contribution is -2.30. The zero-order valence-corrected chi connectivity index (χ0v) is 15.0. The number of hydrogen-bond acceptors (Lipinski definition) is 3.